The molecule has 0 aliphatic heterocycles. The number of nitrogens with one attached hydrogen (secondary N) is 1. The van der Waals surface area contributed by atoms with E-state index in [4.69, 9.17) is 11.6 Å². The van der Waals surface area contributed by atoms with E-state index in [0.29, 0.717) is 6.04 Å². The third-order valence-electron chi connectivity index (χ3n) is 4.11. The summed E-state index contributed by atoms with van der Waals surface area (Å²) in [5.74, 6) is 0. The molecule has 2 aromatic rings. The largest absolute Gasteiger partial charge is 0.412 e. The number of fused-ring (bicyclic) bond motifs is 1. The van der Waals surface area contributed by atoms with E-state index in [2.05, 4.69) is 36.0 Å². The van der Waals surface area contributed by atoms with Gasteiger partial charge in [-0.25, -0.2) is 0 Å². The lowest BCUT2D eigenvalue weighted by Gasteiger charge is -2.20. The Morgan fingerprint density at radius 3 is 2.65 bits per heavy atom. The third kappa shape index (κ3) is 5.65. The Morgan fingerprint density at radius 2 is 1.96 bits per heavy atom. The van der Waals surface area contributed by atoms with Crippen LogP contribution < -0.4 is 5.32 Å². The fourth-order valence-corrected chi connectivity index (χ4v) is 2.91. The van der Waals surface area contributed by atoms with Gasteiger partial charge in [-0.1, -0.05) is 25.4 Å². The van der Waals surface area contributed by atoms with Crippen LogP contribution in [0.1, 0.15) is 33.6 Å². The molecule has 0 saturated heterocycles. The molecule has 0 aliphatic carbocycles. The summed E-state index contributed by atoms with van der Waals surface area (Å²) < 4.78 is 0. The second-order valence-corrected chi connectivity index (χ2v) is 6.17. The van der Waals surface area contributed by atoms with Crippen LogP contribution in [-0.2, 0) is 0 Å². The molecule has 1 heterocycles. The van der Waals surface area contributed by atoms with Crippen molar-refractivity contribution in [2.24, 2.45) is 0 Å². The van der Waals surface area contributed by atoms with Gasteiger partial charge in [0.15, 0.2) is 0 Å². The summed E-state index contributed by atoms with van der Waals surface area (Å²) in [6.45, 7) is 10.1. The zero-order chi connectivity index (χ0) is 15.9. The Kier molecular flexibility index (Phi) is 8.31. The highest BCUT2D eigenvalue weighted by molar-refractivity contribution is 6.31. The Balaban J connectivity index is 0.00000264. The van der Waals surface area contributed by atoms with E-state index in [-0.39, 0.29) is 5.48 Å². The van der Waals surface area contributed by atoms with Gasteiger partial charge in [-0.05, 0) is 63.7 Å². The Morgan fingerprint density at radius 1 is 1.22 bits per heavy atom. The van der Waals surface area contributed by atoms with Crippen molar-refractivity contribution < 1.29 is 5.48 Å². The highest BCUT2D eigenvalue weighted by Gasteiger charge is 2.07. The summed E-state index contributed by atoms with van der Waals surface area (Å²) >= 11 is 6.04. The average Bonchev–Trinajstić information content (AvgIpc) is 2.51. The number of hydrogen-bond donors (Lipinski definition) is 1. The summed E-state index contributed by atoms with van der Waals surface area (Å²) in [6, 6.07) is 8.35. The van der Waals surface area contributed by atoms with Crippen molar-refractivity contribution in [2.45, 2.75) is 39.7 Å². The van der Waals surface area contributed by atoms with E-state index >= 15 is 0 Å². The Bertz CT molecular complexity index is 602. The van der Waals surface area contributed by atoms with Gasteiger partial charge < -0.3 is 15.7 Å². The third-order valence-corrected chi connectivity index (χ3v) is 4.35. The second kappa shape index (κ2) is 9.71. The maximum Gasteiger partial charge on any atom is 0.0737 e. The van der Waals surface area contributed by atoms with Crippen LogP contribution >= 0.6 is 11.6 Å². The summed E-state index contributed by atoms with van der Waals surface area (Å²) in [4.78, 5) is 6.86. The molecule has 23 heavy (non-hydrogen) atoms. The van der Waals surface area contributed by atoms with Crippen LogP contribution in [0.4, 0.5) is 5.69 Å². The van der Waals surface area contributed by atoms with Gasteiger partial charge in [0, 0.05) is 28.3 Å². The highest BCUT2D eigenvalue weighted by atomic mass is 35.5. The molecule has 5 heteroatoms. The summed E-state index contributed by atoms with van der Waals surface area (Å²) in [5.41, 5.74) is 2.07. The number of aromatic nitrogens is 1. The van der Waals surface area contributed by atoms with Gasteiger partial charge in [0.05, 0.1) is 5.52 Å². The normalized spacial score (nSPS) is 12.2. The molecule has 1 unspecified atom stereocenters. The zero-order valence-corrected chi connectivity index (χ0v) is 15.0. The molecule has 3 N–H and O–H groups in total. The number of rotatable bonds is 8. The number of pyridine rings is 1. The molecule has 0 spiro atoms. The first-order valence-electron chi connectivity index (χ1n) is 8.17. The maximum atomic E-state index is 6.04. The molecule has 0 aliphatic rings. The van der Waals surface area contributed by atoms with Crippen LogP contribution in [0.25, 0.3) is 10.9 Å². The van der Waals surface area contributed by atoms with Gasteiger partial charge in [0.1, 0.15) is 0 Å². The van der Waals surface area contributed by atoms with Gasteiger partial charge in [-0.15, -0.1) is 0 Å². The molecule has 0 amide bonds. The quantitative estimate of drug-likeness (QED) is 0.792. The number of hydrogen-bond acceptors (Lipinski definition) is 3. The number of anilines is 1. The molecular weight excluding hydrogens is 310 g/mol. The summed E-state index contributed by atoms with van der Waals surface area (Å²) in [6.07, 6.45) is 4.21. The first-order chi connectivity index (χ1) is 10.6. The fraction of sp³-hybridized carbons (Fsp3) is 0.500. The molecule has 0 fully saturated rings. The number of nitrogens with zero attached hydrogens (tertiary/aromatic N) is 2. The van der Waals surface area contributed by atoms with E-state index in [0.717, 1.165) is 41.1 Å². The molecule has 2 rings (SSSR count). The van der Waals surface area contributed by atoms with Gasteiger partial charge in [-0.3, -0.25) is 4.98 Å². The van der Waals surface area contributed by atoms with Crippen molar-refractivity contribution in [1.29, 1.82) is 0 Å². The minimum absolute atomic E-state index is 0. The lowest BCUT2D eigenvalue weighted by molar-refractivity contribution is 0.295. The second-order valence-electron chi connectivity index (χ2n) is 5.73. The summed E-state index contributed by atoms with van der Waals surface area (Å²) in [7, 11) is 0. The lowest BCUT2D eigenvalue weighted by Crippen LogP contribution is -2.25. The maximum absolute atomic E-state index is 6.04. The van der Waals surface area contributed by atoms with Gasteiger partial charge in [0.25, 0.3) is 0 Å². The molecule has 1 aromatic heterocycles. The van der Waals surface area contributed by atoms with Gasteiger partial charge in [0.2, 0.25) is 0 Å². The van der Waals surface area contributed by atoms with Crippen molar-refractivity contribution in [1.82, 2.24) is 9.88 Å². The summed E-state index contributed by atoms with van der Waals surface area (Å²) in [5, 5.41) is 5.47. The smallest absolute Gasteiger partial charge is 0.0737 e. The fourth-order valence-electron chi connectivity index (χ4n) is 2.75. The van der Waals surface area contributed by atoms with Crippen molar-refractivity contribution in [3.8, 4) is 0 Å². The monoisotopic (exact) mass is 337 g/mol. The molecule has 4 nitrogen and oxygen atoms in total. The molecular formula is C18H28ClN3O. The topological polar surface area (TPSA) is 59.7 Å². The highest BCUT2D eigenvalue weighted by Crippen LogP contribution is 2.25. The van der Waals surface area contributed by atoms with Crippen molar-refractivity contribution in [2.75, 3.05) is 25.0 Å². The van der Waals surface area contributed by atoms with Crippen LogP contribution in [0.5, 0.6) is 0 Å². The van der Waals surface area contributed by atoms with Gasteiger partial charge >= 0.3 is 0 Å². The standard InChI is InChI=1S/C18H26ClN3.H2O/c1-4-22(5-2)12-6-7-14(3)21-17-10-11-20-18-13-15(19)8-9-16(17)18;/h8-11,13-14H,4-7,12H2,1-3H3,(H,20,21);1H2. The molecule has 1 aromatic carbocycles. The first-order valence-corrected chi connectivity index (χ1v) is 8.55. The lowest BCUT2D eigenvalue weighted by atomic mass is 10.1. The van der Waals surface area contributed by atoms with Crippen LogP contribution in [0.3, 0.4) is 0 Å². The Hall–Kier alpha value is -1.36. The SMILES string of the molecule is CCN(CC)CCCC(C)Nc1ccnc2cc(Cl)ccc12.O. The average molecular weight is 338 g/mol. The van der Waals surface area contributed by atoms with Crippen molar-refractivity contribution in [3.63, 3.8) is 0 Å². The Labute approximate surface area is 144 Å². The molecule has 0 saturated carbocycles. The van der Waals surface area contributed by atoms with Gasteiger partial charge in [-0.2, -0.15) is 0 Å². The van der Waals surface area contributed by atoms with Crippen molar-refractivity contribution in [3.05, 3.63) is 35.5 Å². The van der Waals surface area contributed by atoms with Crippen LogP contribution in [-0.4, -0.2) is 41.0 Å². The van der Waals surface area contributed by atoms with E-state index in [1.54, 1.807) is 0 Å². The minimum atomic E-state index is 0. The van der Waals surface area contributed by atoms with E-state index in [9.17, 15) is 0 Å². The first kappa shape index (κ1) is 19.7. The molecule has 0 bridgehead atoms. The number of halogens is 1. The molecule has 0 radical (unpaired) electrons. The van der Waals surface area contributed by atoms with Crippen LogP contribution in [0.2, 0.25) is 5.02 Å². The molecule has 128 valence electrons. The van der Waals surface area contributed by atoms with E-state index in [1.807, 2.05) is 30.5 Å². The van der Waals surface area contributed by atoms with Crippen LogP contribution in [0.15, 0.2) is 30.5 Å². The predicted octanol–water partition coefficient (Wildman–Crippen LogP) is 3.99. The predicted molar refractivity (Wildman–Crippen MR) is 100 cm³/mol. The number of benzene rings is 1. The van der Waals surface area contributed by atoms with E-state index in [1.165, 1.54) is 13.0 Å². The minimum Gasteiger partial charge on any atom is -0.412 e. The zero-order valence-electron chi connectivity index (χ0n) is 14.3. The van der Waals surface area contributed by atoms with Crippen molar-refractivity contribution >= 4 is 28.2 Å². The van der Waals surface area contributed by atoms with Crippen LogP contribution in [0, 0.1) is 0 Å². The molecule has 1 atom stereocenters. The van der Waals surface area contributed by atoms with E-state index < -0.39 is 0 Å².